The Hall–Kier alpha value is -1.11. The molecule has 2 rings (SSSR count). The highest BCUT2D eigenvalue weighted by Gasteiger charge is 2.31. The number of hydrogen-bond donors (Lipinski definition) is 2. The Balaban J connectivity index is 2.06. The Morgan fingerprint density at radius 3 is 2.65 bits per heavy atom. The first kappa shape index (κ1) is 15.3. The zero-order chi connectivity index (χ0) is 14.6. The first-order chi connectivity index (χ1) is 9.56. The summed E-state index contributed by atoms with van der Waals surface area (Å²) in [6.07, 6.45) is 2.05. The number of benzene rings is 1. The van der Waals surface area contributed by atoms with Crippen molar-refractivity contribution in [3.05, 3.63) is 24.3 Å². The fourth-order valence-electron chi connectivity index (χ4n) is 2.44. The van der Waals surface area contributed by atoms with Crippen molar-refractivity contribution in [2.75, 3.05) is 20.1 Å². The van der Waals surface area contributed by atoms with Gasteiger partial charge in [0.05, 0.1) is 6.10 Å². The highest BCUT2D eigenvalue weighted by molar-refractivity contribution is 7.89. The van der Waals surface area contributed by atoms with Crippen LogP contribution < -0.4 is 14.8 Å². The van der Waals surface area contributed by atoms with Crippen LogP contribution in [-0.4, -0.2) is 34.7 Å². The summed E-state index contributed by atoms with van der Waals surface area (Å²) in [5.41, 5.74) is 0. The number of sulfonamides is 1. The van der Waals surface area contributed by atoms with Crippen LogP contribution in [0.15, 0.2) is 29.2 Å². The molecular weight excluding hydrogens is 276 g/mol. The maximum absolute atomic E-state index is 12.1. The first-order valence-corrected chi connectivity index (χ1v) is 8.45. The van der Waals surface area contributed by atoms with E-state index in [1.165, 1.54) is 0 Å². The van der Waals surface area contributed by atoms with Gasteiger partial charge < -0.3 is 10.1 Å². The molecule has 0 radical (unpaired) electrons. The minimum Gasteiger partial charge on any atom is -0.489 e. The van der Waals surface area contributed by atoms with Crippen molar-refractivity contribution in [2.24, 2.45) is 5.92 Å². The van der Waals surface area contributed by atoms with Crippen molar-refractivity contribution in [1.82, 2.24) is 10.0 Å². The van der Waals surface area contributed by atoms with E-state index >= 15 is 0 Å². The molecule has 0 bridgehead atoms. The van der Waals surface area contributed by atoms with Crippen molar-refractivity contribution in [3.63, 3.8) is 0 Å². The van der Waals surface area contributed by atoms with Crippen molar-refractivity contribution in [1.29, 1.82) is 0 Å². The standard InChI is InChI=1S/C14H22N2O3S/c1-3-16-20(17,18)14-7-5-4-6-13(14)19-12-8-11(9-12)10-15-2/h4-7,11-12,15-16H,3,8-10H2,1-2H3. The Morgan fingerprint density at radius 1 is 1.30 bits per heavy atom. The van der Waals surface area contributed by atoms with E-state index in [0.717, 1.165) is 19.4 Å². The fourth-order valence-corrected chi connectivity index (χ4v) is 3.62. The minimum atomic E-state index is -3.48. The maximum atomic E-state index is 12.1. The van der Waals surface area contributed by atoms with Crippen LogP contribution in [0.5, 0.6) is 5.75 Å². The summed E-state index contributed by atoms with van der Waals surface area (Å²) in [4.78, 5) is 0.221. The van der Waals surface area contributed by atoms with Crippen molar-refractivity contribution >= 4 is 10.0 Å². The molecule has 0 unspecified atom stereocenters. The van der Waals surface area contributed by atoms with Gasteiger partial charge in [-0.3, -0.25) is 0 Å². The van der Waals surface area contributed by atoms with Crippen LogP contribution in [0.2, 0.25) is 0 Å². The summed E-state index contributed by atoms with van der Waals surface area (Å²) < 4.78 is 32.6. The molecule has 0 saturated heterocycles. The molecule has 1 aromatic rings. The van der Waals surface area contributed by atoms with E-state index in [1.54, 1.807) is 31.2 Å². The van der Waals surface area contributed by atoms with E-state index in [0.29, 0.717) is 18.2 Å². The molecule has 0 spiro atoms. The van der Waals surface area contributed by atoms with Gasteiger partial charge in [-0.2, -0.15) is 0 Å². The molecule has 1 saturated carbocycles. The molecule has 0 atom stereocenters. The largest absolute Gasteiger partial charge is 0.489 e. The highest BCUT2D eigenvalue weighted by Crippen LogP contribution is 2.33. The molecule has 6 heteroatoms. The Labute approximate surface area is 120 Å². The molecule has 0 aromatic heterocycles. The van der Waals surface area contributed by atoms with Crippen LogP contribution >= 0.6 is 0 Å². The van der Waals surface area contributed by atoms with Crippen LogP contribution in [0.25, 0.3) is 0 Å². The number of rotatable bonds is 7. The van der Waals surface area contributed by atoms with Gasteiger partial charge in [-0.25, -0.2) is 13.1 Å². The van der Waals surface area contributed by atoms with E-state index < -0.39 is 10.0 Å². The molecule has 1 fully saturated rings. The first-order valence-electron chi connectivity index (χ1n) is 6.96. The fraction of sp³-hybridized carbons (Fsp3) is 0.571. The lowest BCUT2D eigenvalue weighted by Crippen LogP contribution is -2.39. The van der Waals surface area contributed by atoms with Gasteiger partial charge in [-0.15, -0.1) is 0 Å². The molecule has 1 aliphatic rings. The summed E-state index contributed by atoms with van der Waals surface area (Å²) in [6, 6.07) is 6.80. The normalized spacial score (nSPS) is 22.3. The van der Waals surface area contributed by atoms with Crippen LogP contribution in [0, 0.1) is 5.92 Å². The quantitative estimate of drug-likeness (QED) is 0.797. The smallest absolute Gasteiger partial charge is 0.244 e. The van der Waals surface area contributed by atoms with E-state index in [4.69, 9.17) is 4.74 Å². The van der Waals surface area contributed by atoms with Crippen LogP contribution in [0.1, 0.15) is 19.8 Å². The van der Waals surface area contributed by atoms with Gasteiger partial charge in [0.2, 0.25) is 10.0 Å². The lowest BCUT2D eigenvalue weighted by atomic mass is 9.82. The monoisotopic (exact) mass is 298 g/mol. The summed E-state index contributed by atoms with van der Waals surface area (Å²) in [6.45, 7) is 3.11. The summed E-state index contributed by atoms with van der Waals surface area (Å²) >= 11 is 0. The van der Waals surface area contributed by atoms with E-state index in [1.807, 2.05) is 7.05 Å². The molecule has 5 nitrogen and oxygen atoms in total. The van der Waals surface area contributed by atoms with E-state index in [-0.39, 0.29) is 11.0 Å². The van der Waals surface area contributed by atoms with Crippen LogP contribution in [0.3, 0.4) is 0 Å². The lowest BCUT2D eigenvalue weighted by molar-refractivity contribution is 0.0631. The third-order valence-corrected chi connectivity index (χ3v) is 5.04. The second-order valence-corrected chi connectivity index (χ2v) is 6.82. The number of para-hydroxylation sites is 1. The van der Waals surface area contributed by atoms with Gasteiger partial charge in [-0.1, -0.05) is 19.1 Å². The Bertz CT molecular complexity index is 539. The molecular formula is C14H22N2O3S. The SMILES string of the molecule is CCNS(=O)(=O)c1ccccc1OC1CC(CNC)C1. The van der Waals surface area contributed by atoms with Crippen molar-refractivity contribution in [3.8, 4) is 5.75 Å². The molecule has 1 aromatic carbocycles. The van der Waals surface area contributed by atoms with Gasteiger partial charge in [0, 0.05) is 6.54 Å². The van der Waals surface area contributed by atoms with Crippen LogP contribution in [-0.2, 0) is 10.0 Å². The minimum absolute atomic E-state index is 0.117. The molecule has 1 aliphatic carbocycles. The van der Waals surface area contributed by atoms with Gasteiger partial charge in [0.15, 0.2) is 0 Å². The molecule has 112 valence electrons. The van der Waals surface area contributed by atoms with Crippen molar-refractivity contribution < 1.29 is 13.2 Å². The molecule has 2 N–H and O–H groups in total. The molecule has 0 amide bonds. The predicted octanol–water partition coefficient (Wildman–Crippen LogP) is 1.36. The van der Waals surface area contributed by atoms with Gasteiger partial charge in [0.1, 0.15) is 10.6 Å². The summed E-state index contributed by atoms with van der Waals surface area (Å²) in [5.74, 6) is 1.07. The second kappa shape index (κ2) is 6.56. The van der Waals surface area contributed by atoms with Gasteiger partial charge in [-0.05, 0) is 44.5 Å². The third-order valence-electron chi connectivity index (χ3n) is 3.45. The van der Waals surface area contributed by atoms with Crippen LogP contribution in [0.4, 0.5) is 0 Å². The van der Waals surface area contributed by atoms with Gasteiger partial charge >= 0.3 is 0 Å². The Morgan fingerprint density at radius 2 is 2.00 bits per heavy atom. The summed E-state index contributed by atoms with van der Waals surface area (Å²) in [7, 11) is -1.54. The average Bonchev–Trinajstić information content (AvgIpc) is 2.37. The molecule has 0 aliphatic heterocycles. The Kier molecular flexibility index (Phi) is 5.01. The van der Waals surface area contributed by atoms with Crippen molar-refractivity contribution in [2.45, 2.75) is 30.8 Å². The number of ether oxygens (including phenoxy) is 1. The second-order valence-electron chi connectivity index (χ2n) is 5.08. The lowest BCUT2D eigenvalue weighted by Gasteiger charge is -2.35. The topological polar surface area (TPSA) is 67.4 Å². The molecule has 20 heavy (non-hydrogen) atoms. The highest BCUT2D eigenvalue weighted by atomic mass is 32.2. The predicted molar refractivity (Wildman–Crippen MR) is 78.4 cm³/mol. The average molecular weight is 298 g/mol. The number of hydrogen-bond acceptors (Lipinski definition) is 4. The zero-order valence-corrected chi connectivity index (χ0v) is 12.7. The van der Waals surface area contributed by atoms with E-state index in [9.17, 15) is 8.42 Å². The molecule has 0 heterocycles. The van der Waals surface area contributed by atoms with E-state index in [2.05, 4.69) is 10.0 Å². The van der Waals surface area contributed by atoms with Gasteiger partial charge in [0.25, 0.3) is 0 Å². The maximum Gasteiger partial charge on any atom is 0.244 e. The zero-order valence-electron chi connectivity index (χ0n) is 11.9. The summed E-state index contributed by atoms with van der Waals surface area (Å²) in [5, 5.41) is 3.14. The third kappa shape index (κ3) is 3.50. The number of nitrogens with one attached hydrogen (secondary N) is 2.